The highest BCUT2D eigenvalue weighted by Crippen LogP contribution is 2.47. The molecule has 0 aliphatic carbocycles. The Labute approximate surface area is 142 Å². The second kappa shape index (κ2) is 6.58. The number of aliphatic hydroxyl groups is 7. The van der Waals surface area contributed by atoms with Gasteiger partial charge >= 0.3 is 0 Å². The van der Waals surface area contributed by atoms with Crippen LogP contribution in [0.25, 0.3) is 0 Å². The van der Waals surface area contributed by atoms with E-state index < -0.39 is 67.6 Å². The lowest BCUT2D eigenvalue weighted by Gasteiger charge is -2.50. The molecular weight excluding hydrogens is 340 g/mol. The predicted octanol–water partition coefficient (Wildman–Crippen LogP) is -3.57. The van der Waals surface area contributed by atoms with Crippen LogP contribution in [0.1, 0.15) is 5.76 Å². The Balaban J connectivity index is 2.09. The summed E-state index contributed by atoms with van der Waals surface area (Å²) in [4.78, 5) is 0. The standard InChI is InChI=1S/C15H22O10/c16-4-7-9(18)10(19)11(20)15(25-7,8-2-1-3-23-8)13-12(21)14(22,5-17)6-24-13/h1-3,7,9-13,16-22H,4-6H2/t7-,9+,10+,11-,12-,13?,14?,15-/m0/s1. The first-order valence-corrected chi connectivity index (χ1v) is 7.81. The van der Waals surface area contributed by atoms with Crippen molar-refractivity contribution in [2.45, 2.75) is 47.8 Å². The van der Waals surface area contributed by atoms with E-state index in [0.29, 0.717) is 0 Å². The Kier molecular flexibility index (Phi) is 4.92. The second-order valence-electron chi connectivity index (χ2n) is 6.47. The minimum Gasteiger partial charge on any atom is -0.466 e. The maximum Gasteiger partial charge on any atom is 0.183 e. The van der Waals surface area contributed by atoms with Crippen molar-refractivity contribution in [2.75, 3.05) is 19.8 Å². The molecule has 2 aliphatic heterocycles. The van der Waals surface area contributed by atoms with Crippen LogP contribution < -0.4 is 0 Å². The van der Waals surface area contributed by atoms with E-state index in [-0.39, 0.29) is 5.76 Å². The molecule has 8 atom stereocenters. The first-order valence-electron chi connectivity index (χ1n) is 7.81. The maximum absolute atomic E-state index is 10.7. The fourth-order valence-corrected chi connectivity index (χ4v) is 3.47. The molecule has 0 amide bonds. The number of hydrogen-bond acceptors (Lipinski definition) is 10. The summed E-state index contributed by atoms with van der Waals surface area (Å²) in [6.07, 6.45) is -8.40. The van der Waals surface area contributed by atoms with Gasteiger partial charge in [-0.25, -0.2) is 0 Å². The van der Waals surface area contributed by atoms with Crippen molar-refractivity contribution in [1.29, 1.82) is 0 Å². The summed E-state index contributed by atoms with van der Waals surface area (Å²) in [6, 6.07) is 2.87. The fraction of sp³-hybridized carbons (Fsp3) is 0.733. The van der Waals surface area contributed by atoms with Gasteiger partial charge in [0.1, 0.15) is 48.0 Å². The molecule has 1 aromatic rings. The monoisotopic (exact) mass is 362 g/mol. The molecule has 1 aromatic heterocycles. The van der Waals surface area contributed by atoms with Crippen LogP contribution >= 0.6 is 0 Å². The predicted molar refractivity (Wildman–Crippen MR) is 78.1 cm³/mol. The molecule has 3 rings (SSSR count). The zero-order chi connectivity index (χ0) is 18.4. The Morgan fingerprint density at radius 1 is 1.08 bits per heavy atom. The van der Waals surface area contributed by atoms with Crippen LogP contribution in [0, 0.1) is 0 Å². The highest BCUT2D eigenvalue weighted by atomic mass is 16.6. The second-order valence-corrected chi connectivity index (χ2v) is 6.47. The molecule has 0 spiro atoms. The largest absolute Gasteiger partial charge is 0.466 e. The van der Waals surface area contributed by atoms with E-state index in [1.807, 2.05) is 0 Å². The maximum atomic E-state index is 10.7. The molecule has 10 nitrogen and oxygen atoms in total. The van der Waals surface area contributed by atoms with E-state index in [9.17, 15) is 35.7 Å². The van der Waals surface area contributed by atoms with E-state index in [4.69, 9.17) is 13.9 Å². The molecule has 2 saturated heterocycles. The molecule has 0 saturated carbocycles. The lowest BCUT2D eigenvalue weighted by Crippen LogP contribution is -2.69. The molecule has 10 heteroatoms. The molecule has 7 N–H and O–H groups in total. The van der Waals surface area contributed by atoms with Crippen LogP contribution in [-0.4, -0.2) is 97.8 Å². The minimum absolute atomic E-state index is 0.0457. The van der Waals surface area contributed by atoms with Gasteiger partial charge in [0.25, 0.3) is 0 Å². The van der Waals surface area contributed by atoms with Crippen LogP contribution in [0.2, 0.25) is 0 Å². The zero-order valence-electron chi connectivity index (χ0n) is 13.2. The Bertz CT molecular complexity index is 577. The third kappa shape index (κ3) is 2.62. The van der Waals surface area contributed by atoms with Gasteiger partial charge in [-0.3, -0.25) is 0 Å². The summed E-state index contributed by atoms with van der Waals surface area (Å²) < 4.78 is 16.4. The first-order chi connectivity index (χ1) is 11.8. The third-order valence-corrected chi connectivity index (χ3v) is 4.97. The number of hydrogen-bond donors (Lipinski definition) is 7. The van der Waals surface area contributed by atoms with Crippen molar-refractivity contribution in [3.8, 4) is 0 Å². The number of aliphatic hydroxyl groups excluding tert-OH is 6. The summed E-state index contributed by atoms with van der Waals surface area (Å²) in [5.74, 6) is -0.0457. The smallest absolute Gasteiger partial charge is 0.183 e. The molecule has 2 unspecified atom stereocenters. The molecular formula is C15H22O10. The Morgan fingerprint density at radius 2 is 1.80 bits per heavy atom. The summed E-state index contributed by atoms with van der Waals surface area (Å²) in [5, 5.41) is 70.4. The van der Waals surface area contributed by atoms with Gasteiger partial charge in [0.05, 0.1) is 26.1 Å². The number of furan rings is 1. The average Bonchev–Trinajstić information content (AvgIpc) is 3.25. The van der Waals surface area contributed by atoms with Crippen LogP contribution in [-0.2, 0) is 15.1 Å². The van der Waals surface area contributed by atoms with Gasteiger partial charge < -0.3 is 49.6 Å². The lowest BCUT2D eigenvalue weighted by molar-refractivity contribution is -0.318. The van der Waals surface area contributed by atoms with Gasteiger partial charge in [-0.15, -0.1) is 0 Å². The van der Waals surface area contributed by atoms with Crippen LogP contribution in [0.4, 0.5) is 0 Å². The fourth-order valence-electron chi connectivity index (χ4n) is 3.47. The topological polar surface area (TPSA) is 173 Å². The van der Waals surface area contributed by atoms with Gasteiger partial charge in [0, 0.05) is 0 Å². The number of rotatable bonds is 4. The summed E-state index contributed by atoms with van der Waals surface area (Å²) in [5.41, 5.74) is -4.04. The van der Waals surface area contributed by atoms with Crippen molar-refractivity contribution < 1.29 is 49.6 Å². The normalized spacial score (nSPS) is 48.0. The van der Waals surface area contributed by atoms with Crippen molar-refractivity contribution >= 4 is 0 Å². The van der Waals surface area contributed by atoms with Gasteiger partial charge in [0.15, 0.2) is 5.60 Å². The summed E-state index contributed by atoms with van der Waals surface area (Å²) in [7, 11) is 0. The highest BCUT2D eigenvalue weighted by Gasteiger charge is 2.66. The summed E-state index contributed by atoms with van der Waals surface area (Å²) >= 11 is 0. The molecule has 142 valence electrons. The van der Waals surface area contributed by atoms with Crippen LogP contribution in [0.3, 0.4) is 0 Å². The van der Waals surface area contributed by atoms with E-state index in [1.54, 1.807) is 0 Å². The van der Waals surface area contributed by atoms with E-state index in [0.717, 1.165) is 0 Å². The van der Waals surface area contributed by atoms with Gasteiger partial charge in [-0.05, 0) is 12.1 Å². The molecule has 2 aliphatic rings. The minimum atomic E-state index is -2.03. The summed E-state index contributed by atoms with van der Waals surface area (Å²) in [6.45, 7) is -1.97. The Hall–Kier alpha value is -1.08. The van der Waals surface area contributed by atoms with E-state index in [2.05, 4.69) is 0 Å². The third-order valence-electron chi connectivity index (χ3n) is 4.97. The highest BCUT2D eigenvalue weighted by molar-refractivity contribution is 5.23. The molecule has 0 aromatic carbocycles. The quantitative estimate of drug-likeness (QED) is 0.284. The first kappa shape index (κ1) is 18.7. The van der Waals surface area contributed by atoms with Crippen molar-refractivity contribution in [3.05, 3.63) is 24.2 Å². The lowest BCUT2D eigenvalue weighted by atomic mass is 9.76. The Morgan fingerprint density at radius 3 is 2.32 bits per heavy atom. The van der Waals surface area contributed by atoms with Gasteiger partial charge in [-0.2, -0.15) is 0 Å². The molecule has 25 heavy (non-hydrogen) atoms. The molecule has 3 heterocycles. The SMILES string of the molecule is OC[C@@H]1O[C@](c2ccco2)(C2OCC(O)(CO)[C@H]2O)[C@@H](O)[C@H](O)[C@@H]1O. The van der Waals surface area contributed by atoms with Crippen molar-refractivity contribution in [1.82, 2.24) is 0 Å². The molecule has 0 radical (unpaired) electrons. The van der Waals surface area contributed by atoms with Crippen molar-refractivity contribution in [2.24, 2.45) is 0 Å². The van der Waals surface area contributed by atoms with Crippen molar-refractivity contribution in [3.63, 3.8) is 0 Å². The zero-order valence-corrected chi connectivity index (χ0v) is 13.2. The van der Waals surface area contributed by atoms with E-state index >= 15 is 0 Å². The van der Waals surface area contributed by atoms with Gasteiger partial charge in [-0.1, -0.05) is 0 Å². The molecule has 0 bridgehead atoms. The molecule has 2 fully saturated rings. The van der Waals surface area contributed by atoms with Crippen LogP contribution in [0.5, 0.6) is 0 Å². The van der Waals surface area contributed by atoms with Crippen LogP contribution in [0.15, 0.2) is 22.8 Å². The van der Waals surface area contributed by atoms with Gasteiger partial charge in [0.2, 0.25) is 0 Å². The average molecular weight is 362 g/mol. The number of ether oxygens (including phenoxy) is 2. The van der Waals surface area contributed by atoms with E-state index in [1.165, 1.54) is 18.4 Å².